The lowest BCUT2D eigenvalue weighted by atomic mass is 9.90. The number of fused-ring (bicyclic) bond motifs is 11. The van der Waals surface area contributed by atoms with Gasteiger partial charge in [0.2, 0.25) is 0 Å². The van der Waals surface area contributed by atoms with Gasteiger partial charge in [0.1, 0.15) is 0 Å². The molecule has 1 saturated carbocycles. The molecule has 3 aliphatic rings. The van der Waals surface area contributed by atoms with Gasteiger partial charge in [0.25, 0.3) is 0 Å². The van der Waals surface area contributed by atoms with E-state index in [4.69, 9.17) is 0 Å². The van der Waals surface area contributed by atoms with E-state index in [9.17, 15) is 0 Å². The molecule has 0 heteroatoms. The second kappa shape index (κ2) is 7.74. The Hall–Kier alpha value is -0.520. The van der Waals surface area contributed by atoms with Crippen molar-refractivity contribution in [3.05, 3.63) is 23.8 Å². The molecule has 96 valence electrons. The van der Waals surface area contributed by atoms with E-state index in [0.29, 0.717) is 0 Å². The van der Waals surface area contributed by atoms with Gasteiger partial charge in [-0.05, 0) is 57.3 Å². The highest BCUT2D eigenvalue weighted by atomic mass is 14.1. The molecule has 0 aliphatic heterocycles. The van der Waals surface area contributed by atoms with Crippen molar-refractivity contribution in [2.75, 3.05) is 0 Å². The van der Waals surface area contributed by atoms with E-state index < -0.39 is 0 Å². The van der Waals surface area contributed by atoms with Crippen LogP contribution in [0.25, 0.3) is 0 Å². The van der Waals surface area contributed by atoms with Crippen molar-refractivity contribution in [3.8, 4) is 0 Å². The third-order valence-electron chi connectivity index (χ3n) is 4.32. The highest BCUT2D eigenvalue weighted by Gasteiger charge is 2.08. The van der Waals surface area contributed by atoms with Crippen LogP contribution in [0.3, 0.4) is 0 Å². The van der Waals surface area contributed by atoms with Crippen LogP contribution >= 0.6 is 0 Å². The summed E-state index contributed by atoms with van der Waals surface area (Å²) >= 11 is 0. The van der Waals surface area contributed by atoms with Crippen LogP contribution in [0, 0.1) is 5.92 Å². The summed E-state index contributed by atoms with van der Waals surface area (Å²) in [6.07, 6.45) is 24.4. The van der Waals surface area contributed by atoms with Crippen molar-refractivity contribution >= 4 is 0 Å². The van der Waals surface area contributed by atoms with Gasteiger partial charge in [0.15, 0.2) is 0 Å². The standard InChI is InChI=1S/C17H28/c1-4-10-16-12-6-2-7-13-17(11-5-1)15-9-3-8-14-16/h4,10-11,16H,1-3,5-9,12-15H2/b10-4+,17-11?. The maximum absolute atomic E-state index is 2.54. The van der Waals surface area contributed by atoms with Crippen LogP contribution in [0.15, 0.2) is 23.8 Å². The Morgan fingerprint density at radius 3 is 2.18 bits per heavy atom. The van der Waals surface area contributed by atoms with Gasteiger partial charge < -0.3 is 0 Å². The lowest BCUT2D eigenvalue weighted by Crippen LogP contribution is -2.00. The van der Waals surface area contributed by atoms with Crippen molar-refractivity contribution in [3.63, 3.8) is 0 Å². The van der Waals surface area contributed by atoms with Gasteiger partial charge in [-0.3, -0.25) is 0 Å². The van der Waals surface area contributed by atoms with E-state index in [0.717, 1.165) is 5.92 Å². The summed E-state index contributed by atoms with van der Waals surface area (Å²) in [4.78, 5) is 0. The predicted molar refractivity (Wildman–Crippen MR) is 76.1 cm³/mol. The van der Waals surface area contributed by atoms with Crippen molar-refractivity contribution in [2.45, 2.75) is 77.0 Å². The molecule has 0 atom stereocenters. The van der Waals surface area contributed by atoms with Crippen LogP contribution in [0.1, 0.15) is 77.0 Å². The molecule has 0 spiro atoms. The Bertz CT molecular complexity index is 243. The van der Waals surface area contributed by atoms with Gasteiger partial charge in [-0.1, -0.05) is 49.5 Å². The summed E-state index contributed by atoms with van der Waals surface area (Å²) in [5.74, 6) is 0.886. The topological polar surface area (TPSA) is 0 Å². The first kappa shape index (κ1) is 12.9. The minimum atomic E-state index is 0.886. The van der Waals surface area contributed by atoms with Gasteiger partial charge in [0.05, 0.1) is 0 Å². The van der Waals surface area contributed by atoms with Gasteiger partial charge in [-0.25, -0.2) is 0 Å². The Morgan fingerprint density at radius 1 is 0.765 bits per heavy atom. The molecule has 0 unspecified atom stereocenters. The third kappa shape index (κ3) is 5.10. The normalized spacial score (nSPS) is 30.1. The van der Waals surface area contributed by atoms with Crippen LogP contribution < -0.4 is 0 Å². The van der Waals surface area contributed by atoms with Crippen molar-refractivity contribution in [2.24, 2.45) is 5.92 Å². The largest absolute Gasteiger partial charge is 0.0880 e. The first-order chi connectivity index (χ1) is 8.45. The third-order valence-corrected chi connectivity index (χ3v) is 4.32. The average Bonchev–Trinajstić information content (AvgIpc) is 2.29. The van der Waals surface area contributed by atoms with Crippen molar-refractivity contribution in [1.29, 1.82) is 0 Å². The fourth-order valence-electron chi connectivity index (χ4n) is 3.21. The van der Waals surface area contributed by atoms with Crippen molar-refractivity contribution < 1.29 is 0 Å². The quantitative estimate of drug-likeness (QED) is 0.463. The summed E-state index contributed by atoms with van der Waals surface area (Å²) in [6, 6.07) is 0. The summed E-state index contributed by atoms with van der Waals surface area (Å²) in [5.41, 5.74) is 1.76. The van der Waals surface area contributed by atoms with Gasteiger partial charge >= 0.3 is 0 Å². The Balaban J connectivity index is 2.03. The Labute approximate surface area is 107 Å². The second-order valence-electron chi connectivity index (χ2n) is 5.83. The van der Waals surface area contributed by atoms with E-state index >= 15 is 0 Å². The molecule has 1 fully saturated rings. The maximum Gasteiger partial charge on any atom is -0.0234 e. The van der Waals surface area contributed by atoms with Crippen LogP contribution in [-0.2, 0) is 0 Å². The lowest BCUT2D eigenvalue weighted by molar-refractivity contribution is 0.464. The molecule has 0 aromatic rings. The molecule has 17 heavy (non-hydrogen) atoms. The Morgan fingerprint density at radius 2 is 1.47 bits per heavy atom. The number of allylic oxidation sites excluding steroid dienone is 4. The fourth-order valence-corrected chi connectivity index (χ4v) is 3.21. The second-order valence-corrected chi connectivity index (χ2v) is 5.83. The van der Waals surface area contributed by atoms with E-state index in [2.05, 4.69) is 18.2 Å². The molecule has 2 bridgehead atoms. The zero-order valence-corrected chi connectivity index (χ0v) is 11.3. The zero-order valence-electron chi connectivity index (χ0n) is 11.3. The molecule has 0 aromatic carbocycles. The molecule has 0 heterocycles. The molecule has 3 aliphatic carbocycles. The SMILES string of the molecule is C1=C2CCCCCC(/C=C/CC1)CCCCC2. The van der Waals surface area contributed by atoms with Crippen LogP contribution in [0.4, 0.5) is 0 Å². The summed E-state index contributed by atoms with van der Waals surface area (Å²) in [5, 5.41) is 0. The summed E-state index contributed by atoms with van der Waals surface area (Å²) in [6.45, 7) is 0. The van der Waals surface area contributed by atoms with E-state index in [-0.39, 0.29) is 0 Å². The molecule has 0 amide bonds. The number of hydrogen-bond acceptors (Lipinski definition) is 0. The summed E-state index contributed by atoms with van der Waals surface area (Å²) < 4.78 is 0. The lowest BCUT2D eigenvalue weighted by Gasteiger charge is -2.16. The van der Waals surface area contributed by atoms with E-state index in [1.165, 1.54) is 77.0 Å². The van der Waals surface area contributed by atoms with Crippen LogP contribution in [0.5, 0.6) is 0 Å². The highest BCUT2D eigenvalue weighted by Crippen LogP contribution is 2.25. The highest BCUT2D eigenvalue weighted by molar-refractivity contribution is 5.03. The molecule has 0 aromatic heterocycles. The zero-order chi connectivity index (χ0) is 11.8. The smallest absolute Gasteiger partial charge is 0.0234 e. The fraction of sp³-hybridized carbons (Fsp3) is 0.765. The predicted octanol–water partition coefficient (Wildman–Crippen LogP) is 5.79. The molecule has 0 saturated heterocycles. The number of hydrogen-bond donors (Lipinski definition) is 0. The molecular weight excluding hydrogens is 204 g/mol. The van der Waals surface area contributed by atoms with Crippen molar-refractivity contribution in [1.82, 2.24) is 0 Å². The molecular formula is C17H28. The van der Waals surface area contributed by atoms with E-state index in [1.54, 1.807) is 5.57 Å². The minimum Gasteiger partial charge on any atom is -0.0880 e. The first-order valence-corrected chi connectivity index (χ1v) is 7.80. The molecule has 0 nitrogen and oxygen atoms in total. The molecule has 0 radical (unpaired) electrons. The summed E-state index contributed by atoms with van der Waals surface area (Å²) in [7, 11) is 0. The van der Waals surface area contributed by atoms with Gasteiger partial charge in [-0.15, -0.1) is 0 Å². The van der Waals surface area contributed by atoms with Gasteiger partial charge in [0, 0.05) is 0 Å². The van der Waals surface area contributed by atoms with Crippen LogP contribution in [-0.4, -0.2) is 0 Å². The monoisotopic (exact) mass is 232 g/mol. The molecule has 3 rings (SSSR count). The maximum atomic E-state index is 2.54. The molecule has 0 N–H and O–H groups in total. The Kier molecular flexibility index (Phi) is 5.88. The van der Waals surface area contributed by atoms with Crippen LogP contribution in [0.2, 0.25) is 0 Å². The van der Waals surface area contributed by atoms with E-state index in [1.807, 2.05) is 0 Å². The average molecular weight is 232 g/mol. The van der Waals surface area contributed by atoms with Gasteiger partial charge in [-0.2, -0.15) is 0 Å². The first-order valence-electron chi connectivity index (χ1n) is 7.80. The minimum absolute atomic E-state index is 0.886. The number of rotatable bonds is 0.